The Morgan fingerprint density at radius 1 is 1.27 bits per heavy atom. The molecule has 0 radical (unpaired) electrons. The lowest BCUT2D eigenvalue weighted by atomic mass is 10.0. The van der Waals surface area contributed by atoms with Gasteiger partial charge < -0.3 is 19.9 Å². The van der Waals surface area contributed by atoms with Crippen molar-refractivity contribution < 1.29 is 32.0 Å². The van der Waals surface area contributed by atoms with Crippen molar-refractivity contribution >= 4 is 27.8 Å². The number of aliphatic hydroxyl groups excluding tert-OH is 1. The third-order valence-electron chi connectivity index (χ3n) is 3.87. The molecule has 2 aromatic carbocycles. The van der Waals surface area contributed by atoms with Gasteiger partial charge in [0.1, 0.15) is 18.5 Å². The summed E-state index contributed by atoms with van der Waals surface area (Å²) in [5, 5.41) is 13.3. The van der Waals surface area contributed by atoms with E-state index in [2.05, 4.69) is 11.9 Å². The standard InChI is InChI=1S/C20H22ClNO7S/c1-3-27-18-10-9-15(11-16(18)21)19(23)17(13-29-30(2,25)26)22-20(24)28-12-14-7-5-4-6-8-14/h3-11,17,19,23H,1,12-13H2,2H3,(H,22,24)/t17-,19-/m1/s1. The molecule has 0 aliphatic heterocycles. The van der Waals surface area contributed by atoms with Crippen LogP contribution in [0.1, 0.15) is 17.2 Å². The van der Waals surface area contributed by atoms with Crippen molar-refractivity contribution in [1.29, 1.82) is 0 Å². The molecule has 0 aromatic heterocycles. The molecule has 2 atom stereocenters. The second-order valence-corrected chi connectivity index (χ2v) is 8.27. The topological polar surface area (TPSA) is 111 Å². The van der Waals surface area contributed by atoms with Crippen LogP contribution in [0.2, 0.25) is 5.02 Å². The van der Waals surface area contributed by atoms with Gasteiger partial charge in [-0.2, -0.15) is 8.42 Å². The van der Waals surface area contributed by atoms with Crippen molar-refractivity contribution in [3.8, 4) is 5.75 Å². The number of ether oxygens (including phenoxy) is 2. The predicted octanol–water partition coefficient (Wildman–Crippen LogP) is 3.17. The van der Waals surface area contributed by atoms with Crippen LogP contribution in [-0.2, 0) is 25.6 Å². The molecule has 0 unspecified atom stereocenters. The SMILES string of the molecule is C=COc1ccc([C@@H](O)[C@@H](COS(C)(=O)=O)NC(=O)OCc2ccccc2)cc1Cl. The Morgan fingerprint density at radius 3 is 2.57 bits per heavy atom. The fourth-order valence-corrected chi connectivity index (χ4v) is 3.07. The van der Waals surface area contributed by atoms with Crippen molar-refractivity contribution in [2.75, 3.05) is 12.9 Å². The van der Waals surface area contributed by atoms with Crippen LogP contribution in [0.3, 0.4) is 0 Å². The normalized spacial score (nSPS) is 13.2. The smallest absolute Gasteiger partial charge is 0.407 e. The first-order valence-electron chi connectivity index (χ1n) is 8.76. The molecule has 2 aromatic rings. The maximum atomic E-state index is 12.2. The molecule has 2 rings (SSSR count). The van der Waals surface area contributed by atoms with Gasteiger partial charge in [0.15, 0.2) is 0 Å². The summed E-state index contributed by atoms with van der Waals surface area (Å²) in [6, 6.07) is 12.3. The molecule has 30 heavy (non-hydrogen) atoms. The first-order valence-corrected chi connectivity index (χ1v) is 11.0. The van der Waals surface area contributed by atoms with E-state index in [9.17, 15) is 18.3 Å². The van der Waals surface area contributed by atoms with Crippen molar-refractivity contribution in [1.82, 2.24) is 5.32 Å². The molecule has 8 nitrogen and oxygen atoms in total. The molecule has 162 valence electrons. The number of amides is 1. The maximum absolute atomic E-state index is 12.2. The Balaban J connectivity index is 2.11. The minimum atomic E-state index is -3.81. The molecule has 0 aliphatic rings. The lowest BCUT2D eigenvalue weighted by Crippen LogP contribution is -2.43. The van der Waals surface area contributed by atoms with Crippen LogP contribution in [0.5, 0.6) is 5.75 Å². The Kier molecular flexibility index (Phi) is 8.67. The summed E-state index contributed by atoms with van der Waals surface area (Å²) in [6.07, 6.45) is -0.128. The fourth-order valence-electron chi connectivity index (χ4n) is 2.44. The second kappa shape index (κ2) is 11.0. The van der Waals surface area contributed by atoms with Gasteiger partial charge in [0, 0.05) is 0 Å². The molecule has 10 heteroatoms. The Labute approximate surface area is 180 Å². The van der Waals surface area contributed by atoms with Crippen LogP contribution in [0, 0.1) is 0 Å². The van der Waals surface area contributed by atoms with Gasteiger partial charge in [-0.15, -0.1) is 0 Å². The summed E-state index contributed by atoms with van der Waals surface area (Å²) in [4.78, 5) is 12.2. The van der Waals surface area contributed by atoms with Gasteiger partial charge in [-0.05, 0) is 23.3 Å². The van der Waals surface area contributed by atoms with Crippen LogP contribution < -0.4 is 10.1 Å². The average molecular weight is 456 g/mol. The zero-order valence-corrected chi connectivity index (χ0v) is 17.7. The van der Waals surface area contributed by atoms with Crippen LogP contribution in [0.4, 0.5) is 4.79 Å². The number of rotatable bonds is 10. The number of carbonyl (C=O) groups is 1. The molecule has 1 amide bonds. The van der Waals surface area contributed by atoms with Gasteiger partial charge in [-0.25, -0.2) is 4.79 Å². The Hall–Kier alpha value is -2.59. The summed E-state index contributed by atoms with van der Waals surface area (Å²) in [5.41, 5.74) is 1.07. The highest BCUT2D eigenvalue weighted by molar-refractivity contribution is 7.85. The molecule has 0 fully saturated rings. The highest BCUT2D eigenvalue weighted by atomic mass is 35.5. The maximum Gasteiger partial charge on any atom is 0.407 e. The van der Waals surface area contributed by atoms with E-state index in [0.29, 0.717) is 11.3 Å². The van der Waals surface area contributed by atoms with Gasteiger partial charge in [-0.1, -0.05) is 54.6 Å². The van der Waals surface area contributed by atoms with Gasteiger partial charge in [0.2, 0.25) is 0 Å². The van der Waals surface area contributed by atoms with E-state index in [1.54, 1.807) is 24.3 Å². The summed E-state index contributed by atoms with van der Waals surface area (Å²) in [7, 11) is -3.81. The lowest BCUT2D eigenvalue weighted by molar-refractivity contribution is 0.0829. The Morgan fingerprint density at radius 2 is 1.97 bits per heavy atom. The van der Waals surface area contributed by atoms with Gasteiger partial charge >= 0.3 is 6.09 Å². The minimum absolute atomic E-state index is 0.00182. The number of nitrogens with one attached hydrogen (secondary N) is 1. The van der Waals surface area contributed by atoms with E-state index in [1.807, 2.05) is 6.07 Å². The van der Waals surface area contributed by atoms with Crippen LogP contribution in [0.15, 0.2) is 61.4 Å². The second-order valence-electron chi connectivity index (χ2n) is 6.22. The highest BCUT2D eigenvalue weighted by Crippen LogP contribution is 2.29. The van der Waals surface area contributed by atoms with Crippen molar-refractivity contribution in [3.05, 3.63) is 77.5 Å². The van der Waals surface area contributed by atoms with E-state index in [-0.39, 0.29) is 11.6 Å². The van der Waals surface area contributed by atoms with Crippen molar-refractivity contribution in [2.45, 2.75) is 18.8 Å². The lowest BCUT2D eigenvalue weighted by Gasteiger charge is -2.24. The number of aliphatic hydroxyl groups is 1. The first kappa shape index (κ1) is 23.7. The summed E-state index contributed by atoms with van der Waals surface area (Å²) in [6.45, 7) is 2.93. The molecule has 0 saturated heterocycles. The fraction of sp³-hybridized carbons (Fsp3) is 0.250. The number of hydrogen-bond donors (Lipinski definition) is 2. The molecule has 2 N–H and O–H groups in total. The molecule has 0 bridgehead atoms. The zero-order chi connectivity index (χ0) is 22.1. The average Bonchev–Trinajstić information content (AvgIpc) is 2.70. The zero-order valence-electron chi connectivity index (χ0n) is 16.2. The van der Waals surface area contributed by atoms with E-state index in [1.165, 1.54) is 24.5 Å². The summed E-state index contributed by atoms with van der Waals surface area (Å²) >= 11 is 6.11. The summed E-state index contributed by atoms with van der Waals surface area (Å²) < 4.78 is 37.7. The predicted molar refractivity (Wildman–Crippen MR) is 112 cm³/mol. The monoisotopic (exact) mass is 455 g/mol. The third kappa shape index (κ3) is 7.68. The number of halogens is 1. The first-order chi connectivity index (χ1) is 14.2. The van der Waals surface area contributed by atoms with Gasteiger partial charge in [0.25, 0.3) is 10.1 Å². The van der Waals surface area contributed by atoms with E-state index in [0.717, 1.165) is 11.8 Å². The minimum Gasteiger partial charge on any atom is -0.464 e. The molecular weight excluding hydrogens is 434 g/mol. The van der Waals surface area contributed by atoms with Crippen LogP contribution >= 0.6 is 11.6 Å². The highest BCUT2D eigenvalue weighted by Gasteiger charge is 2.26. The number of carbonyl (C=O) groups excluding carboxylic acids is 1. The van der Waals surface area contributed by atoms with Crippen molar-refractivity contribution in [3.63, 3.8) is 0 Å². The largest absolute Gasteiger partial charge is 0.464 e. The molecule has 0 spiro atoms. The third-order valence-corrected chi connectivity index (χ3v) is 4.73. The van der Waals surface area contributed by atoms with E-state index < -0.39 is 35.0 Å². The number of benzene rings is 2. The van der Waals surface area contributed by atoms with E-state index >= 15 is 0 Å². The van der Waals surface area contributed by atoms with Crippen LogP contribution in [-0.4, -0.2) is 38.5 Å². The van der Waals surface area contributed by atoms with Crippen LogP contribution in [0.25, 0.3) is 0 Å². The number of hydrogen-bond acceptors (Lipinski definition) is 7. The molecular formula is C20H22ClNO7S. The number of alkyl carbamates (subject to hydrolysis) is 1. The molecule has 0 heterocycles. The summed E-state index contributed by atoms with van der Waals surface area (Å²) in [5.74, 6) is 0.321. The Bertz CT molecular complexity index is 966. The van der Waals surface area contributed by atoms with Gasteiger partial charge in [0.05, 0.1) is 30.2 Å². The van der Waals surface area contributed by atoms with Crippen molar-refractivity contribution in [2.24, 2.45) is 0 Å². The van der Waals surface area contributed by atoms with E-state index in [4.69, 9.17) is 25.3 Å². The quantitative estimate of drug-likeness (QED) is 0.418. The van der Waals surface area contributed by atoms with Gasteiger partial charge in [-0.3, -0.25) is 4.18 Å². The molecule has 0 saturated carbocycles. The molecule has 0 aliphatic carbocycles.